The van der Waals surface area contributed by atoms with Crippen LogP contribution in [0.5, 0.6) is 0 Å². The summed E-state index contributed by atoms with van der Waals surface area (Å²) >= 11 is 0. The largest absolute Gasteiger partial charge is 0.456 e. The van der Waals surface area contributed by atoms with Crippen LogP contribution in [0.15, 0.2) is 223 Å². The van der Waals surface area contributed by atoms with Crippen LogP contribution in [0, 0.1) is 0 Å². The van der Waals surface area contributed by atoms with E-state index in [0.717, 1.165) is 72.3 Å². The normalized spacial score (nSPS) is 11.6. The Morgan fingerprint density at radius 3 is 1.74 bits per heavy atom. The van der Waals surface area contributed by atoms with Gasteiger partial charge in [0.15, 0.2) is 5.82 Å². The lowest BCUT2D eigenvalue weighted by Gasteiger charge is -2.15. The minimum atomic E-state index is 0.678. The summed E-state index contributed by atoms with van der Waals surface area (Å²) in [6.07, 6.45) is 0. The molecule has 12 aromatic rings. The van der Waals surface area contributed by atoms with Crippen LogP contribution < -0.4 is 0 Å². The van der Waals surface area contributed by atoms with Gasteiger partial charge in [-0.2, -0.15) is 0 Å². The number of furan rings is 1. The van der Waals surface area contributed by atoms with Gasteiger partial charge in [0.1, 0.15) is 11.2 Å². The van der Waals surface area contributed by atoms with Crippen molar-refractivity contribution in [1.82, 2.24) is 9.97 Å². The van der Waals surface area contributed by atoms with Gasteiger partial charge in [-0.1, -0.05) is 182 Å². The van der Waals surface area contributed by atoms with Crippen molar-refractivity contribution in [1.29, 1.82) is 0 Å². The molecule has 3 nitrogen and oxygen atoms in total. The molecule has 0 aliphatic carbocycles. The third kappa shape index (κ3) is 5.98. The first kappa shape index (κ1) is 34.9. The molecule has 10 aromatic carbocycles. The molecule has 0 unspecified atom stereocenters. The summed E-state index contributed by atoms with van der Waals surface area (Å²) in [6.45, 7) is 0. The average molecular weight is 777 g/mol. The first-order valence-corrected chi connectivity index (χ1v) is 20.7. The SMILES string of the molecule is c1ccc(-c2nc(-c3cccc(-c4cccc(-c5c6ccccc6cc6c5ccc5ccccc56)c4)c3)cc(-c3ccccc3-c3cccc4oc5ccccc5c34)n2)cc1. The Hall–Kier alpha value is -8.14. The molecule has 0 fully saturated rings. The van der Waals surface area contributed by atoms with Gasteiger partial charge >= 0.3 is 0 Å². The summed E-state index contributed by atoms with van der Waals surface area (Å²) in [5, 5.41) is 9.71. The second-order valence-corrected chi connectivity index (χ2v) is 15.7. The van der Waals surface area contributed by atoms with Crippen molar-refractivity contribution in [3.8, 4) is 67.3 Å². The van der Waals surface area contributed by atoms with Gasteiger partial charge in [0.25, 0.3) is 0 Å². The number of hydrogen-bond donors (Lipinski definition) is 0. The van der Waals surface area contributed by atoms with Crippen LogP contribution in [0.2, 0.25) is 0 Å². The molecule has 2 heterocycles. The van der Waals surface area contributed by atoms with Crippen molar-refractivity contribution in [2.75, 3.05) is 0 Å². The van der Waals surface area contributed by atoms with E-state index in [0.29, 0.717) is 5.82 Å². The molecule has 0 saturated carbocycles. The second-order valence-electron chi connectivity index (χ2n) is 15.7. The van der Waals surface area contributed by atoms with Crippen molar-refractivity contribution >= 4 is 54.3 Å². The minimum Gasteiger partial charge on any atom is -0.456 e. The lowest BCUT2D eigenvalue weighted by Crippen LogP contribution is -1.97. The van der Waals surface area contributed by atoms with Crippen LogP contribution in [0.4, 0.5) is 0 Å². The van der Waals surface area contributed by atoms with Crippen LogP contribution in [0.1, 0.15) is 0 Å². The number of fused-ring (bicyclic) bond motifs is 7. The van der Waals surface area contributed by atoms with Gasteiger partial charge in [0.2, 0.25) is 0 Å². The van der Waals surface area contributed by atoms with Gasteiger partial charge in [-0.3, -0.25) is 0 Å². The van der Waals surface area contributed by atoms with Crippen LogP contribution in [0.3, 0.4) is 0 Å². The highest BCUT2D eigenvalue weighted by atomic mass is 16.3. The molecule has 0 saturated heterocycles. The molecule has 12 rings (SSSR count). The van der Waals surface area contributed by atoms with Gasteiger partial charge in [0.05, 0.1) is 11.4 Å². The summed E-state index contributed by atoms with van der Waals surface area (Å²) in [5.74, 6) is 0.678. The molecule has 0 amide bonds. The number of nitrogens with zero attached hydrogens (tertiary/aromatic N) is 2. The smallest absolute Gasteiger partial charge is 0.160 e. The summed E-state index contributed by atoms with van der Waals surface area (Å²) in [4.78, 5) is 10.5. The Bertz CT molecular complexity index is 3660. The predicted octanol–water partition coefficient (Wildman–Crippen LogP) is 15.8. The molecule has 0 aliphatic rings. The van der Waals surface area contributed by atoms with Crippen LogP contribution >= 0.6 is 0 Å². The molecule has 3 heteroatoms. The third-order valence-electron chi connectivity index (χ3n) is 12.1. The standard InChI is InChI=1S/C58H36N2O/c1-2-16-38(17-3-1)58-59-52(36-53(60-58)47-26-9-8-25-46(47)48-28-14-30-55-57(48)50-27-10-11-29-54(50)61-55)42-21-12-19-39(33-42)40-20-13-22-43(34-40)56-45-24-7-5-18-41(45)35-51-44-23-6-4-15-37(44)31-32-49(51)56/h1-36H. The quantitative estimate of drug-likeness (QED) is 0.125. The van der Waals surface area contributed by atoms with Crippen molar-refractivity contribution in [3.63, 3.8) is 0 Å². The number of aromatic nitrogens is 2. The fourth-order valence-electron chi connectivity index (χ4n) is 9.23. The highest BCUT2D eigenvalue weighted by Crippen LogP contribution is 2.43. The van der Waals surface area contributed by atoms with E-state index < -0.39 is 0 Å². The van der Waals surface area contributed by atoms with Gasteiger partial charge in [0, 0.05) is 27.5 Å². The maximum Gasteiger partial charge on any atom is 0.160 e. The zero-order valence-corrected chi connectivity index (χ0v) is 33.1. The topological polar surface area (TPSA) is 38.9 Å². The molecule has 0 aliphatic heterocycles. The zero-order valence-electron chi connectivity index (χ0n) is 33.1. The van der Waals surface area contributed by atoms with Gasteiger partial charge in [-0.25, -0.2) is 9.97 Å². The van der Waals surface area contributed by atoms with Crippen molar-refractivity contribution in [2.45, 2.75) is 0 Å². The first-order chi connectivity index (χ1) is 30.2. The summed E-state index contributed by atoms with van der Waals surface area (Å²) in [5.41, 5.74) is 13.4. The van der Waals surface area contributed by atoms with E-state index in [4.69, 9.17) is 14.4 Å². The summed E-state index contributed by atoms with van der Waals surface area (Å²) < 4.78 is 6.32. The maximum atomic E-state index is 6.32. The number of hydrogen-bond acceptors (Lipinski definition) is 3. The molecule has 0 spiro atoms. The van der Waals surface area contributed by atoms with E-state index in [1.807, 2.05) is 36.4 Å². The fourth-order valence-corrected chi connectivity index (χ4v) is 9.23. The third-order valence-corrected chi connectivity index (χ3v) is 12.1. The molecule has 0 bridgehead atoms. The minimum absolute atomic E-state index is 0.678. The first-order valence-electron chi connectivity index (χ1n) is 20.7. The number of benzene rings is 10. The van der Waals surface area contributed by atoms with E-state index in [2.05, 4.69) is 182 Å². The number of para-hydroxylation sites is 1. The van der Waals surface area contributed by atoms with Crippen molar-refractivity contribution in [3.05, 3.63) is 218 Å². The highest BCUT2D eigenvalue weighted by molar-refractivity contribution is 6.20. The van der Waals surface area contributed by atoms with Crippen LogP contribution in [-0.4, -0.2) is 9.97 Å². The van der Waals surface area contributed by atoms with E-state index in [-0.39, 0.29) is 0 Å². The highest BCUT2D eigenvalue weighted by Gasteiger charge is 2.19. The lowest BCUT2D eigenvalue weighted by molar-refractivity contribution is 0.669. The Kier molecular flexibility index (Phi) is 8.17. The molecule has 0 atom stereocenters. The summed E-state index contributed by atoms with van der Waals surface area (Å²) in [6, 6.07) is 77.6. The van der Waals surface area contributed by atoms with Crippen molar-refractivity contribution < 1.29 is 4.42 Å². The monoisotopic (exact) mass is 776 g/mol. The van der Waals surface area contributed by atoms with E-state index >= 15 is 0 Å². The molecular weight excluding hydrogens is 741 g/mol. The maximum absolute atomic E-state index is 6.32. The summed E-state index contributed by atoms with van der Waals surface area (Å²) in [7, 11) is 0. The molecule has 61 heavy (non-hydrogen) atoms. The average Bonchev–Trinajstić information content (AvgIpc) is 3.73. The van der Waals surface area contributed by atoms with Gasteiger partial charge < -0.3 is 4.42 Å². The molecule has 0 N–H and O–H groups in total. The molecule has 284 valence electrons. The number of rotatable bonds is 6. The van der Waals surface area contributed by atoms with Gasteiger partial charge in [-0.15, -0.1) is 0 Å². The second kappa shape index (κ2) is 14.3. The molecular formula is C58H36N2O. The predicted molar refractivity (Wildman–Crippen MR) is 254 cm³/mol. The zero-order chi connectivity index (χ0) is 40.3. The van der Waals surface area contributed by atoms with Gasteiger partial charge in [-0.05, 0) is 102 Å². The Balaban J connectivity index is 1.01. The van der Waals surface area contributed by atoms with Crippen LogP contribution in [-0.2, 0) is 0 Å². The Labute approximate surface area is 352 Å². The lowest BCUT2D eigenvalue weighted by atomic mass is 9.88. The Morgan fingerprint density at radius 1 is 0.295 bits per heavy atom. The van der Waals surface area contributed by atoms with E-state index in [1.165, 1.54) is 43.4 Å². The van der Waals surface area contributed by atoms with E-state index in [1.54, 1.807) is 0 Å². The van der Waals surface area contributed by atoms with E-state index in [9.17, 15) is 0 Å². The van der Waals surface area contributed by atoms with Crippen LogP contribution in [0.25, 0.3) is 122 Å². The molecule has 0 radical (unpaired) electrons. The molecule has 2 aromatic heterocycles. The Morgan fingerprint density at radius 2 is 0.885 bits per heavy atom. The fraction of sp³-hybridized carbons (Fsp3) is 0. The van der Waals surface area contributed by atoms with Crippen molar-refractivity contribution in [2.24, 2.45) is 0 Å².